The van der Waals surface area contributed by atoms with E-state index < -0.39 is 0 Å². The number of nitrogens with zero attached hydrogens (tertiary/aromatic N) is 2. The predicted molar refractivity (Wildman–Crippen MR) is 127 cm³/mol. The lowest BCUT2D eigenvalue weighted by Crippen LogP contribution is -2.24. The van der Waals surface area contributed by atoms with Crippen molar-refractivity contribution in [3.63, 3.8) is 0 Å². The lowest BCUT2D eigenvalue weighted by Gasteiger charge is -2.13. The van der Waals surface area contributed by atoms with E-state index in [9.17, 15) is 4.79 Å². The molecule has 166 valence electrons. The number of para-hydroxylation sites is 2. The summed E-state index contributed by atoms with van der Waals surface area (Å²) in [5.74, 6) is 2.64. The molecular formula is C26H35N3O2. The number of imidazole rings is 1. The Labute approximate surface area is 185 Å². The zero-order valence-corrected chi connectivity index (χ0v) is 19.1. The average Bonchev–Trinajstić information content (AvgIpc) is 3.14. The molecule has 0 fully saturated rings. The number of aromatic nitrogens is 2. The highest BCUT2D eigenvalue weighted by molar-refractivity contribution is 5.76. The van der Waals surface area contributed by atoms with Gasteiger partial charge in [0.25, 0.3) is 0 Å². The van der Waals surface area contributed by atoms with Gasteiger partial charge in [0.2, 0.25) is 5.91 Å². The first kappa shape index (κ1) is 22.9. The van der Waals surface area contributed by atoms with Crippen LogP contribution in [0.3, 0.4) is 0 Å². The largest absolute Gasteiger partial charge is 0.492 e. The molecule has 0 radical (unpaired) electrons. The van der Waals surface area contributed by atoms with Crippen molar-refractivity contribution in [1.82, 2.24) is 14.9 Å². The number of aryl methyl sites for hydroxylation is 1. The fourth-order valence-corrected chi connectivity index (χ4v) is 3.74. The van der Waals surface area contributed by atoms with Crippen LogP contribution in [0.1, 0.15) is 63.8 Å². The number of carbonyl (C=O) groups is 1. The topological polar surface area (TPSA) is 56.2 Å². The van der Waals surface area contributed by atoms with Crippen molar-refractivity contribution < 1.29 is 9.53 Å². The molecule has 3 aromatic rings. The molecule has 5 nitrogen and oxygen atoms in total. The van der Waals surface area contributed by atoms with E-state index in [0.29, 0.717) is 25.5 Å². The quantitative estimate of drug-likeness (QED) is 0.394. The van der Waals surface area contributed by atoms with Gasteiger partial charge in [-0.15, -0.1) is 0 Å². The van der Waals surface area contributed by atoms with Gasteiger partial charge in [-0.2, -0.15) is 0 Å². The molecule has 0 aliphatic carbocycles. The summed E-state index contributed by atoms with van der Waals surface area (Å²) in [5.41, 5.74) is 3.48. The molecule has 0 saturated carbocycles. The van der Waals surface area contributed by atoms with Gasteiger partial charge < -0.3 is 14.6 Å². The van der Waals surface area contributed by atoms with Gasteiger partial charge in [-0.25, -0.2) is 4.98 Å². The molecule has 1 unspecified atom stereocenters. The number of amides is 1. The van der Waals surface area contributed by atoms with E-state index in [1.807, 2.05) is 25.1 Å². The van der Waals surface area contributed by atoms with Crippen LogP contribution in [0.2, 0.25) is 0 Å². The lowest BCUT2D eigenvalue weighted by molar-refractivity contribution is -0.121. The summed E-state index contributed by atoms with van der Waals surface area (Å²) < 4.78 is 8.28. The molecule has 1 amide bonds. The minimum Gasteiger partial charge on any atom is -0.492 e. The first-order valence-electron chi connectivity index (χ1n) is 11.6. The highest BCUT2D eigenvalue weighted by atomic mass is 16.5. The van der Waals surface area contributed by atoms with Crippen molar-refractivity contribution in [2.75, 3.05) is 13.2 Å². The van der Waals surface area contributed by atoms with Gasteiger partial charge in [0.1, 0.15) is 18.2 Å². The normalized spacial score (nSPS) is 12.1. The maximum atomic E-state index is 11.7. The molecule has 0 aliphatic rings. The molecule has 2 aromatic carbocycles. The Morgan fingerprint density at radius 2 is 1.90 bits per heavy atom. The van der Waals surface area contributed by atoms with E-state index in [1.54, 1.807) is 0 Å². The van der Waals surface area contributed by atoms with Gasteiger partial charge in [0, 0.05) is 19.4 Å². The average molecular weight is 422 g/mol. The summed E-state index contributed by atoms with van der Waals surface area (Å²) in [4.78, 5) is 16.5. The van der Waals surface area contributed by atoms with Crippen LogP contribution in [0.15, 0.2) is 48.5 Å². The van der Waals surface area contributed by atoms with Crippen LogP contribution in [0, 0.1) is 0 Å². The lowest BCUT2D eigenvalue weighted by atomic mass is 9.99. The van der Waals surface area contributed by atoms with Gasteiger partial charge in [0.15, 0.2) is 0 Å². The molecule has 5 heteroatoms. The number of nitrogens with one attached hydrogen (secondary N) is 1. The fraction of sp³-hybridized carbons (Fsp3) is 0.462. The Kier molecular flexibility index (Phi) is 8.51. The van der Waals surface area contributed by atoms with Crippen molar-refractivity contribution in [2.45, 2.75) is 65.3 Å². The van der Waals surface area contributed by atoms with Crippen LogP contribution in [-0.4, -0.2) is 28.6 Å². The molecule has 0 aliphatic heterocycles. The minimum absolute atomic E-state index is 0.128. The minimum atomic E-state index is 0.128. The number of benzene rings is 2. The third kappa shape index (κ3) is 6.33. The Bertz CT molecular complexity index is 962. The van der Waals surface area contributed by atoms with E-state index in [1.165, 1.54) is 5.56 Å². The molecule has 1 aromatic heterocycles. The van der Waals surface area contributed by atoms with E-state index >= 15 is 0 Å². The number of fused-ring (bicyclic) bond motifs is 1. The van der Waals surface area contributed by atoms with Crippen LogP contribution in [-0.2, 0) is 17.8 Å². The highest BCUT2D eigenvalue weighted by Gasteiger charge is 2.11. The van der Waals surface area contributed by atoms with Gasteiger partial charge in [-0.3, -0.25) is 4.79 Å². The molecule has 0 saturated heterocycles. The molecule has 1 N–H and O–H groups in total. The van der Waals surface area contributed by atoms with Crippen LogP contribution in [0.25, 0.3) is 11.0 Å². The second-order valence-electron chi connectivity index (χ2n) is 8.10. The zero-order valence-electron chi connectivity index (χ0n) is 19.1. The number of rotatable bonds is 12. The van der Waals surface area contributed by atoms with Crippen LogP contribution in [0.5, 0.6) is 5.75 Å². The maximum absolute atomic E-state index is 11.7. The van der Waals surface area contributed by atoms with Gasteiger partial charge in [-0.1, -0.05) is 45.0 Å². The van der Waals surface area contributed by atoms with Gasteiger partial charge in [0.05, 0.1) is 17.6 Å². The summed E-state index contributed by atoms with van der Waals surface area (Å²) in [6.07, 6.45) is 4.30. The number of carbonyl (C=O) groups excluding carboxylic acids is 1. The van der Waals surface area contributed by atoms with Crippen molar-refractivity contribution in [3.8, 4) is 5.75 Å². The second kappa shape index (κ2) is 11.5. The number of hydrogen-bond donors (Lipinski definition) is 1. The van der Waals surface area contributed by atoms with Crippen molar-refractivity contribution in [1.29, 1.82) is 0 Å². The Morgan fingerprint density at radius 3 is 2.65 bits per heavy atom. The first-order valence-corrected chi connectivity index (χ1v) is 11.6. The maximum Gasteiger partial charge on any atom is 0.219 e. The molecule has 1 atom stereocenters. The van der Waals surface area contributed by atoms with E-state index in [-0.39, 0.29) is 5.91 Å². The molecule has 0 spiro atoms. The van der Waals surface area contributed by atoms with Gasteiger partial charge in [-0.05, 0) is 55.0 Å². The summed E-state index contributed by atoms with van der Waals surface area (Å²) in [7, 11) is 0. The molecule has 31 heavy (non-hydrogen) atoms. The van der Waals surface area contributed by atoms with Crippen LogP contribution >= 0.6 is 0 Å². The fourth-order valence-electron chi connectivity index (χ4n) is 3.74. The Morgan fingerprint density at radius 1 is 1.13 bits per heavy atom. The molecular weight excluding hydrogens is 386 g/mol. The third-order valence-electron chi connectivity index (χ3n) is 5.76. The second-order valence-corrected chi connectivity index (χ2v) is 8.10. The number of hydrogen-bond acceptors (Lipinski definition) is 3. The summed E-state index contributed by atoms with van der Waals surface area (Å²) in [6, 6.07) is 16.7. The molecule has 0 bridgehead atoms. The molecule has 3 rings (SSSR count). The smallest absolute Gasteiger partial charge is 0.219 e. The van der Waals surface area contributed by atoms with Crippen molar-refractivity contribution in [2.24, 2.45) is 0 Å². The molecule has 1 heterocycles. The summed E-state index contributed by atoms with van der Waals surface area (Å²) >= 11 is 0. The van der Waals surface area contributed by atoms with E-state index in [0.717, 1.165) is 54.8 Å². The third-order valence-corrected chi connectivity index (χ3v) is 5.76. The summed E-state index contributed by atoms with van der Waals surface area (Å²) in [6.45, 7) is 8.48. The Balaban J connectivity index is 1.60. The SMILES string of the molecule is CCCC(=O)NCCCc1nc2ccccc2n1CCOc1ccc(C(C)CC)cc1. The van der Waals surface area contributed by atoms with Crippen LogP contribution in [0.4, 0.5) is 0 Å². The first-order chi connectivity index (χ1) is 15.1. The Hall–Kier alpha value is -2.82. The zero-order chi connectivity index (χ0) is 22.1. The van der Waals surface area contributed by atoms with Crippen LogP contribution < -0.4 is 10.1 Å². The monoisotopic (exact) mass is 421 g/mol. The van der Waals surface area contributed by atoms with Crippen molar-refractivity contribution >= 4 is 16.9 Å². The van der Waals surface area contributed by atoms with Crippen molar-refractivity contribution in [3.05, 3.63) is 59.9 Å². The highest BCUT2D eigenvalue weighted by Crippen LogP contribution is 2.22. The standard InChI is InChI=1S/C26H35N3O2/c1-4-9-26(30)27-17-8-12-25-28-23-10-6-7-11-24(23)29(25)18-19-31-22-15-13-21(14-16-22)20(3)5-2/h6-7,10-11,13-16,20H,4-5,8-9,12,17-19H2,1-3H3,(H,27,30). The predicted octanol–water partition coefficient (Wildman–Crippen LogP) is 5.48. The number of ether oxygens (including phenoxy) is 1. The van der Waals surface area contributed by atoms with E-state index in [4.69, 9.17) is 9.72 Å². The van der Waals surface area contributed by atoms with E-state index in [2.05, 4.69) is 54.1 Å². The summed E-state index contributed by atoms with van der Waals surface area (Å²) in [5, 5.41) is 2.99. The van der Waals surface area contributed by atoms with Gasteiger partial charge >= 0.3 is 0 Å².